The van der Waals surface area contributed by atoms with Crippen molar-refractivity contribution in [2.24, 2.45) is 5.92 Å². The van der Waals surface area contributed by atoms with Gasteiger partial charge in [0.05, 0.1) is 0 Å². The minimum absolute atomic E-state index is 0.0625. The highest BCUT2D eigenvalue weighted by atomic mass is 16.6. The summed E-state index contributed by atoms with van der Waals surface area (Å²) in [7, 11) is 0. The number of nitro groups is 1. The van der Waals surface area contributed by atoms with E-state index in [0.29, 0.717) is 5.75 Å². The number of benzene rings is 1. The Balaban J connectivity index is 1.84. The van der Waals surface area contributed by atoms with Gasteiger partial charge in [0.15, 0.2) is 0 Å². The molecule has 1 saturated carbocycles. The van der Waals surface area contributed by atoms with E-state index < -0.39 is 22.9 Å². The van der Waals surface area contributed by atoms with E-state index in [1.165, 1.54) is 0 Å². The molecule has 2 rings (SSSR count). The van der Waals surface area contributed by atoms with Crippen molar-refractivity contribution in [2.75, 3.05) is 6.61 Å². The summed E-state index contributed by atoms with van der Waals surface area (Å²) >= 11 is 0. The third-order valence-electron chi connectivity index (χ3n) is 2.93. The zero-order valence-corrected chi connectivity index (χ0v) is 10.7. The third-order valence-corrected chi connectivity index (χ3v) is 2.93. The number of carbonyl (C=O) groups excluding carboxylic acids is 1. The molecular weight excluding hydrogens is 262 g/mol. The lowest BCUT2D eigenvalue weighted by Gasteiger charge is -2.06. The number of hydrogen-bond acceptors (Lipinski definition) is 5. The van der Waals surface area contributed by atoms with Gasteiger partial charge in [-0.05, 0) is 17.7 Å². The number of esters is 1. The Labute approximate surface area is 115 Å². The average molecular weight is 275 g/mol. The molecule has 6 heteroatoms. The molecule has 0 amide bonds. The standard InChI is InChI=1S/C14H13NO5/c1-2-6-19-11-5-3-4-10(7-11)9-20-14(16)12-8-13(12)15(17)18/h1,3-5,7,12-13H,6,8-9H2/t12-,13-/m1/s1. The number of carbonyl (C=O) groups is 1. The van der Waals surface area contributed by atoms with E-state index in [1.807, 2.05) is 0 Å². The normalized spacial score (nSPS) is 19.8. The van der Waals surface area contributed by atoms with Crippen molar-refractivity contribution in [2.45, 2.75) is 19.1 Å². The number of ether oxygens (including phenoxy) is 2. The molecule has 0 aliphatic heterocycles. The predicted octanol–water partition coefficient (Wildman–Crippen LogP) is 1.41. The Morgan fingerprint density at radius 3 is 3.00 bits per heavy atom. The smallest absolute Gasteiger partial charge is 0.316 e. The van der Waals surface area contributed by atoms with Gasteiger partial charge in [-0.25, -0.2) is 0 Å². The summed E-state index contributed by atoms with van der Waals surface area (Å²) in [5, 5.41) is 10.5. The SMILES string of the molecule is C#CCOc1cccc(COC(=O)[C@@H]2C[C@H]2[N+](=O)[O-])c1. The summed E-state index contributed by atoms with van der Waals surface area (Å²) in [5.74, 6) is 1.81. The van der Waals surface area contributed by atoms with Gasteiger partial charge in [0.1, 0.15) is 24.9 Å². The number of terminal acetylenes is 1. The molecule has 0 saturated heterocycles. The lowest BCUT2D eigenvalue weighted by atomic mass is 10.2. The van der Waals surface area contributed by atoms with Gasteiger partial charge in [-0.15, -0.1) is 6.42 Å². The molecule has 1 fully saturated rings. The van der Waals surface area contributed by atoms with E-state index in [9.17, 15) is 14.9 Å². The third kappa shape index (κ3) is 3.48. The Bertz CT molecular complexity index is 563. The molecular formula is C14H13NO5. The molecule has 0 spiro atoms. The van der Waals surface area contributed by atoms with E-state index in [1.54, 1.807) is 24.3 Å². The minimum Gasteiger partial charge on any atom is -0.481 e. The van der Waals surface area contributed by atoms with Gasteiger partial charge in [0.2, 0.25) is 6.04 Å². The highest BCUT2D eigenvalue weighted by Gasteiger charge is 2.54. The Morgan fingerprint density at radius 1 is 1.55 bits per heavy atom. The summed E-state index contributed by atoms with van der Waals surface area (Å²) in [6.45, 7) is 0.225. The Kier molecular flexibility index (Phi) is 4.20. The first kappa shape index (κ1) is 13.9. The van der Waals surface area contributed by atoms with Gasteiger partial charge in [-0.2, -0.15) is 0 Å². The molecule has 1 aromatic rings. The summed E-state index contributed by atoms with van der Waals surface area (Å²) in [6, 6.07) is 6.20. The maximum atomic E-state index is 11.6. The van der Waals surface area contributed by atoms with Gasteiger partial charge >= 0.3 is 5.97 Å². The summed E-state index contributed by atoms with van der Waals surface area (Å²) in [6.07, 6.45) is 5.35. The van der Waals surface area contributed by atoms with Crippen LogP contribution >= 0.6 is 0 Å². The lowest BCUT2D eigenvalue weighted by Crippen LogP contribution is -2.13. The van der Waals surface area contributed by atoms with Gasteiger partial charge in [-0.3, -0.25) is 14.9 Å². The summed E-state index contributed by atoms with van der Waals surface area (Å²) in [5.41, 5.74) is 0.742. The molecule has 20 heavy (non-hydrogen) atoms. The van der Waals surface area contributed by atoms with Crippen LogP contribution < -0.4 is 4.74 Å². The quantitative estimate of drug-likeness (QED) is 0.339. The molecule has 2 atom stereocenters. The van der Waals surface area contributed by atoms with Crippen LogP contribution in [0.2, 0.25) is 0 Å². The fourth-order valence-electron chi connectivity index (χ4n) is 1.78. The Hall–Kier alpha value is -2.55. The maximum absolute atomic E-state index is 11.6. The van der Waals surface area contributed by atoms with Gasteiger partial charge in [0.25, 0.3) is 0 Å². The second kappa shape index (κ2) is 6.06. The first-order valence-corrected chi connectivity index (χ1v) is 6.07. The van der Waals surface area contributed by atoms with E-state index in [4.69, 9.17) is 15.9 Å². The van der Waals surface area contributed by atoms with Crippen LogP contribution in [0.25, 0.3) is 0 Å². The van der Waals surface area contributed by atoms with Crippen molar-refractivity contribution in [3.05, 3.63) is 39.9 Å². The maximum Gasteiger partial charge on any atom is 0.316 e. The highest BCUT2D eigenvalue weighted by molar-refractivity contribution is 5.76. The molecule has 1 aromatic carbocycles. The van der Waals surface area contributed by atoms with Crippen LogP contribution in [0.5, 0.6) is 5.75 Å². The zero-order valence-electron chi connectivity index (χ0n) is 10.7. The van der Waals surface area contributed by atoms with Crippen LogP contribution in [0.4, 0.5) is 0 Å². The first-order valence-electron chi connectivity index (χ1n) is 6.07. The van der Waals surface area contributed by atoms with E-state index in [-0.39, 0.29) is 19.6 Å². The van der Waals surface area contributed by atoms with Crippen LogP contribution in [-0.4, -0.2) is 23.5 Å². The molecule has 0 aromatic heterocycles. The predicted molar refractivity (Wildman–Crippen MR) is 69.5 cm³/mol. The Morgan fingerprint density at radius 2 is 2.35 bits per heavy atom. The van der Waals surface area contributed by atoms with Crippen molar-refractivity contribution in [3.63, 3.8) is 0 Å². The molecule has 0 unspecified atom stereocenters. The molecule has 6 nitrogen and oxygen atoms in total. The summed E-state index contributed by atoms with van der Waals surface area (Å²) < 4.78 is 10.3. The van der Waals surface area contributed by atoms with Gasteiger partial charge in [0, 0.05) is 11.3 Å². The molecule has 0 bridgehead atoms. The first-order chi connectivity index (χ1) is 9.61. The molecule has 104 valence electrons. The van der Waals surface area contributed by atoms with Crippen molar-refractivity contribution < 1.29 is 19.2 Å². The zero-order chi connectivity index (χ0) is 14.5. The molecule has 1 aliphatic rings. The summed E-state index contributed by atoms with van der Waals surface area (Å²) in [4.78, 5) is 21.6. The van der Waals surface area contributed by atoms with Crippen LogP contribution in [0.1, 0.15) is 12.0 Å². The number of nitrogens with zero attached hydrogens (tertiary/aromatic N) is 1. The van der Waals surface area contributed by atoms with Gasteiger partial charge < -0.3 is 9.47 Å². The molecule has 0 radical (unpaired) electrons. The van der Waals surface area contributed by atoms with Crippen molar-refractivity contribution in [3.8, 4) is 18.1 Å². The second-order valence-corrected chi connectivity index (χ2v) is 4.44. The molecule has 1 aliphatic carbocycles. The number of rotatable bonds is 6. The highest BCUT2D eigenvalue weighted by Crippen LogP contribution is 2.34. The van der Waals surface area contributed by atoms with E-state index in [0.717, 1.165) is 5.56 Å². The number of hydrogen-bond donors (Lipinski definition) is 0. The van der Waals surface area contributed by atoms with E-state index >= 15 is 0 Å². The van der Waals surface area contributed by atoms with Crippen molar-refractivity contribution in [1.29, 1.82) is 0 Å². The molecule has 0 heterocycles. The van der Waals surface area contributed by atoms with E-state index in [2.05, 4.69) is 5.92 Å². The van der Waals surface area contributed by atoms with Crippen LogP contribution in [0.3, 0.4) is 0 Å². The second-order valence-electron chi connectivity index (χ2n) is 4.44. The van der Waals surface area contributed by atoms with Crippen LogP contribution in [-0.2, 0) is 16.1 Å². The minimum atomic E-state index is -0.784. The lowest BCUT2D eigenvalue weighted by molar-refractivity contribution is -0.497. The average Bonchev–Trinajstić information content (AvgIpc) is 3.23. The van der Waals surface area contributed by atoms with Crippen LogP contribution in [0.15, 0.2) is 24.3 Å². The fraction of sp³-hybridized carbons (Fsp3) is 0.357. The van der Waals surface area contributed by atoms with Crippen molar-refractivity contribution in [1.82, 2.24) is 0 Å². The topological polar surface area (TPSA) is 78.7 Å². The monoisotopic (exact) mass is 275 g/mol. The largest absolute Gasteiger partial charge is 0.481 e. The van der Waals surface area contributed by atoms with Gasteiger partial charge in [-0.1, -0.05) is 18.1 Å². The fourth-order valence-corrected chi connectivity index (χ4v) is 1.78. The van der Waals surface area contributed by atoms with Crippen LogP contribution in [0, 0.1) is 28.4 Å². The van der Waals surface area contributed by atoms with Crippen molar-refractivity contribution >= 4 is 5.97 Å². The molecule has 0 N–H and O–H groups in total.